The number of halogens is 1. The number of nitrogens with zero attached hydrogens (tertiary/aromatic N) is 1. The summed E-state index contributed by atoms with van der Waals surface area (Å²) < 4.78 is 11.6. The lowest BCUT2D eigenvalue weighted by atomic mass is 9.83. The van der Waals surface area contributed by atoms with Crippen molar-refractivity contribution < 1.29 is 19.1 Å². The molecule has 2 aromatic rings. The molecule has 0 bridgehead atoms. The number of carbonyl (C=O) groups is 2. The fraction of sp³-hybridized carbons (Fsp3) is 0.440. The molecule has 1 heterocycles. The van der Waals surface area contributed by atoms with Crippen molar-refractivity contribution in [2.45, 2.75) is 64.1 Å². The molecule has 1 unspecified atom stereocenters. The van der Waals surface area contributed by atoms with Gasteiger partial charge >= 0.3 is 0 Å². The van der Waals surface area contributed by atoms with Gasteiger partial charge in [0.25, 0.3) is 0 Å². The number of methoxy groups -OCH3 is 1. The molecule has 1 fully saturated rings. The van der Waals surface area contributed by atoms with Crippen LogP contribution in [0.15, 0.2) is 36.4 Å². The third-order valence-corrected chi connectivity index (χ3v) is 6.33. The topological polar surface area (TPSA) is 55.8 Å². The highest BCUT2D eigenvalue weighted by Crippen LogP contribution is 2.44. The number of Topliss-reactive ketones (excluding diaryl/α,β-unsaturated/α-hetero) is 1. The maximum absolute atomic E-state index is 13.4. The van der Waals surface area contributed by atoms with Gasteiger partial charge in [0, 0.05) is 23.9 Å². The van der Waals surface area contributed by atoms with Gasteiger partial charge in [-0.1, -0.05) is 23.7 Å². The molecular formula is C25H28ClNO4. The number of ether oxygens (including phenoxy) is 2. The maximum atomic E-state index is 13.4. The van der Waals surface area contributed by atoms with Gasteiger partial charge in [0.05, 0.1) is 25.7 Å². The smallest absolute Gasteiger partial charge is 0.228 e. The Morgan fingerprint density at radius 2 is 1.71 bits per heavy atom. The maximum Gasteiger partial charge on any atom is 0.228 e. The van der Waals surface area contributed by atoms with Crippen molar-refractivity contribution in [1.82, 2.24) is 4.90 Å². The van der Waals surface area contributed by atoms with E-state index in [0.29, 0.717) is 48.6 Å². The number of benzene rings is 2. The largest absolute Gasteiger partial charge is 0.493 e. The zero-order valence-electron chi connectivity index (χ0n) is 18.2. The minimum Gasteiger partial charge on any atom is -0.493 e. The summed E-state index contributed by atoms with van der Waals surface area (Å²) in [5.74, 6) is 1.66. The van der Waals surface area contributed by atoms with E-state index in [1.807, 2.05) is 55.1 Å². The molecule has 6 heteroatoms. The summed E-state index contributed by atoms with van der Waals surface area (Å²) in [4.78, 5) is 27.2. The average molecular weight is 442 g/mol. The van der Waals surface area contributed by atoms with E-state index in [-0.39, 0.29) is 29.9 Å². The SMILES string of the molecule is COc1cc2c(cc1OC(C)C)C(c1ccc(Cl)cc1)N(C1CCC(=O)CC1)C(=O)C2. The third kappa shape index (κ3) is 4.42. The van der Waals surface area contributed by atoms with Gasteiger partial charge in [-0.15, -0.1) is 0 Å². The van der Waals surface area contributed by atoms with Crippen LogP contribution in [-0.2, 0) is 16.0 Å². The minimum absolute atomic E-state index is 0.00776. The van der Waals surface area contributed by atoms with E-state index >= 15 is 0 Å². The molecule has 1 saturated carbocycles. The number of hydrogen-bond donors (Lipinski definition) is 0. The summed E-state index contributed by atoms with van der Waals surface area (Å²) in [5.41, 5.74) is 2.98. The Morgan fingerprint density at radius 1 is 1.03 bits per heavy atom. The number of fused-ring (bicyclic) bond motifs is 1. The van der Waals surface area contributed by atoms with E-state index in [0.717, 1.165) is 16.7 Å². The third-order valence-electron chi connectivity index (χ3n) is 6.08. The molecule has 1 aliphatic carbocycles. The first-order valence-electron chi connectivity index (χ1n) is 10.8. The normalized spacial score (nSPS) is 19.5. The minimum atomic E-state index is -0.257. The summed E-state index contributed by atoms with van der Waals surface area (Å²) in [6, 6.07) is 11.4. The van der Waals surface area contributed by atoms with Crippen LogP contribution in [0.3, 0.4) is 0 Å². The Bertz CT molecular complexity index is 976. The molecule has 0 N–H and O–H groups in total. The highest BCUT2D eigenvalue weighted by Gasteiger charge is 2.39. The summed E-state index contributed by atoms with van der Waals surface area (Å²) in [5, 5.41) is 0.652. The molecule has 2 aromatic carbocycles. The van der Waals surface area contributed by atoms with Crippen LogP contribution < -0.4 is 9.47 Å². The zero-order chi connectivity index (χ0) is 22.1. The molecule has 1 atom stereocenters. The van der Waals surface area contributed by atoms with Gasteiger partial charge in [0.1, 0.15) is 5.78 Å². The molecule has 5 nitrogen and oxygen atoms in total. The van der Waals surface area contributed by atoms with Crippen molar-refractivity contribution in [3.8, 4) is 11.5 Å². The van der Waals surface area contributed by atoms with E-state index in [1.165, 1.54) is 0 Å². The van der Waals surface area contributed by atoms with Crippen LogP contribution in [-0.4, -0.2) is 35.8 Å². The molecule has 2 aliphatic rings. The van der Waals surface area contributed by atoms with Crippen molar-refractivity contribution in [3.05, 3.63) is 58.1 Å². The molecule has 0 spiro atoms. The van der Waals surface area contributed by atoms with Gasteiger partial charge in [-0.25, -0.2) is 0 Å². The lowest BCUT2D eigenvalue weighted by Crippen LogP contribution is -2.48. The van der Waals surface area contributed by atoms with Crippen LogP contribution in [0.25, 0.3) is 0 Å². The molecular weight excluding hydrogens is 414 g/mol. The molecule has 1 aliphatic heterocycles. The number of hydrogen-bond acceptors (Lipinski definition) is 4. The highest BCUT2D eigenvalue weighted by molar-refractivity contribution is 6.30. The van der Waals surface area contributed by atoms with Crippen molar-refractivity contribution >= 4 is 23.3 Å². The van der Waals surface area contributed by atoms with E-state index in [4.69, 9.17) is 21.1 Å². The van der Waals surface area contributed by atoms with Crippen LogP contribution in [0.4, 0.5) is 0 Å². The second-order valence-corrected chi connectivity index (χ2v) is 9.01. The van der Waals surface area contributed by atoms with Gasteiger partial charge in [-0.2, -0.15) is 0 Å². The quantitative estimate of drug-likeness (QED) is 0.646. The van der Waals surface area contributed by atoms with Crippen molar-refractivity contribution in [2.24, 2.45) is 0 Å². The first-order valence-corrected chi connectivity index (χ1v) is 11.2. The first kappa shape index (κ1) is 21.7. The predicted molar refractivity (Wildman–Crippen MR) is 120 cm³/mol. The predicted octanol–water partition coefficient (Wildman–Crippen LogP) is 5.12. The van der Waals surface area contributed by atoms with Gasteiger partial charge in [0.15, 0.2) is 11.5 Å². The Morgan fingerprint density at radius 3 is 2.32 bits per heavy atom. The molecule has 1 amide bonds. The van der Waals surface area contributed by atoms with Gasteiger partial charge < -0.3 is 14.4 Å². The van der Waals surface area contributed by atoms with E-state index in [2.05, 4.69) is 0 Å². The summed E-state index contributed by atoms with van der Waals surface area (Å²) >= 11 is 6.15. The van der Waals surface area contributed by atoms with Gasteiger partial charge in [-0.05, 0) is 67.6 Å². The second kappa shape index (κ2) is 8.91. The lowest BCUT2D eigenvalue weighted by Gasteiger charge is -2.44. The van der Waals surface area contributed by atoms with E-state index in [1.54, 1.807) is 7.11 Å². The fourth-order valence-corrected chi connectivity index (χ4v) is 4.81. The molecule has 4 rings (SSSR count). The summed E-state index contributed by atoms with van der Waals surface area (Å²) in [6.45, 7) is 3.95. The second-order valence-electron chi connectivity index (χ2n) is 8.57. The van der Waals surface area contributed by atoms with Crippen LogP contribution >= 0.6 is 11.6 Å². The summed E-state index contributed by atoms with van der Waals surface area (Å²) in [7, 11) is 1.61. The van der Waals surface area contributed by atoms with E-state index in [9.17, 15) is 9.59 Å². The molecule has 31 heavy (non-hydrogen) atoms. The van der Waals surface area contributed by atoms with E-state index < -0.39 is 0 Å². The number of ketones is 1. The Kier molecular flexibility index (Phi) is 6.24. The van der Waals surface area contributed by atoms with Crippen molar-refractivity contribution in [3.63, 3.8) is 0 Å². The van der Waals surface area contributed by atoms with Crippen LogP contribution in [0.2, 0.25) is 5.02 Å². The van der Waals surface area contributed by atoms with Gasteiger partial charge in [0.2, 0.25) is 5.91 Å². The standard InChI is InChI=1S/C25H28ClNO4/c1-15(2)31-23-14-21-17(12-22(23)30-3)13-24(29)27(19-8-10-20(28)11-9-19)25(21)16-4-6-18(26)7-5-16/h4-7,12,14-15,19,25H,8-11,13H2,1-3H3. The Labute approximate surface area is 188 Å². The summed E-state index contributed by atoms with van der Waals surface area (Å²) in [6.07, 6.45) is 2.76. The average Bonchev–Trinajstić information content (AvgIpc) is 2.74. The molecule has 0 radical (unpaired) electrons. The molecule has 164 valence electrons. The lowest BCUT2D eigenvalue weighted by molar-refractivity contribution is -0.138. The Balaban J connectivity index is 1.84. The number of rotatable bonds is 5. The van der Waals surface area contributed by atoms with Crippen LogP contribution in [0.1, 0.15) is 62.3 Å². The van der Waals surface area contributed by atoms with Crippen molar-refractivity contribution in [1.29, 1.82) is 0 Å². The first-order chi connectivity index (χ1) is 14.9. The zero-order valence-corrected chi connectivity index (χ0v) is 18.9. The highest BCUT2D eigenvalue weighted by atomic mass is 35.5. The number of carbonyl (C=O) groups excluding carboxylic acids is 2. The van der Waals surface area contributed by atoms with Gasteiger partial charge in [-0.3, -0.25) is 9.59 Å². The van der Waals surface area contributed by atoms with Crippen molar-refractivity contribution in [2.75, 3.05) is 7.11 Å². The number of amides is 1. The molecule has 0 aromatic heterocycles. The Hall–Kier alpha value is -2.53. The van der Waals surface area contributed by atoms with Crippen LogP contribution in [0, 0.1) is 0 Å². The van der Waals surface area contributed by atoms with Crippen LogP contribution in [0.5, 0.6) is 11.5 Å². The molecule has 0 saturated heterocycles. The fourth-order valence-electron chi connectivity index (χ4n) is 4.68. The monoisotopic (exact) mass is 441 g/mol.